The van der Waals surface area contributed by atoms with Crippen molar-refractivity contribution < 1.29 is 9.59 Å². The summed E-state index contributed by atoms with van der Waals surface area (Å²) in [6.45, 7) is 9.08. The summed E-state index contributed by atoms with van der Waals surface area (Å²) in [6.07, 6.45) is 9.68. The van der Waals surface area contributed by atoms with Gasteiger partial charge in [-0.25, -0.2) is 0 Å². The van der Waals surface area contributed by atoms with Gasteiger partial charge in [-0.1, -0.05) is 26.3 Å². The van der Waals surface area contributed by atoms with Crippen molar-refractivity contribution in [3.05, 3.63) is 11.6 Å². The van der Waals surface area contributed by atoms with Crippen LogP contribution < -0.4 is 0 Å². The van der Waals surface area contributed by atoms with Crippen LogP contribution in [0.15, 0.2) is 11.6 Å². The van der Waals surface area contributed by atoms with Gasteiger partial charge in [0.15, 0.2) is 5.78 Å². The average molecular weight is 328 g/mol. The molecule has 0 N–H and O–H groups in total. The van der Waals surface area contributed by atoms with Crippen LogP contribution in [0.25, 0.3) is 0 Å². The molecule has 132 valence electrons. The van der Waals surface area contributed by atoms with Crippen LogP contribution in [0.1, 0.15) is 72.6 Å². The van der Waals surface area contributed by atoms with Crippen LogP contribution in [-0.2, 0) is 9.59 Å². The summed E-state index contributed by atoms with van der Waals surface area (Å²) in [7, 11) is 0. The third-order valence-electron chi connectivity index (χ3n) is 9.03. The van der Waals surface area contributed by atoms with E-state index in [1.165, 1.54) is 24.8 Å². The molecule has 0 aromatic heterocycles. The second-order valence-corrected chi connectivity index (χ2v) is 9.71. The minimum absolute atomic E-state index is 0.203. The molecule has 4 aliphatic rings. The molecule has 0 amide bonds. The van der Waals surface area contributed by atoms with E-state index in [1.54, 1.807) is 0 Å². The number of carbonyl (C=O) groups is 2. The molecule has 3 fully saturated rings. The summed E-state index contributed by atoms with van der Waals surface area (Å²) in [5, 5.41) is 0. The zero-order chi connectivity index (χ0) is 17.3. The van der Waals surface area contributed by atoms with E-state index in [-0.39, 0.29) is 16.7 Å². The van der Waals surface area contributed by atoms with E-state index < -0.39 is 0 Å². The van der Waals surface area contributed by atoms with Crippen LogP contribution >= 0.6 is 0 Å². The maximum atomic E-state index is 12.3. The van der Waals surface area contributed by atoms with E-state index in [0.29, 0.717) is 29.3 Å². The van der Waals surface area contributed by atoms with Gasteiger partial charge in [-0.2, -0.15) is 0 Å². The number of carbonyl (C=O) groups excluding carboxylic acids is 2. The van der Waals surface area contributed by atoms with Crippen LogP contribution in [0.4, 0.5) is 0 Å². The highest BCUT2D eigenvalue weighted by Crippen LogP contribution is 2.68. The van der Waals surface area contributed by atoms with Crippen molar-refractivity contribution in [3.63, 3.8) is 0 Å². The van der Waals surface area contributed by atoms with E-state index in [2.05, 4.69) is 20.8 Å². The van der Waals surface area contributed by atoms with Crippen molar-refractivity contribution >= 4 is 11.6 Å². The molecule has 0 bridgehead atoms. The fourth-order valence-corrected chi connectivity index (χ4v) is 7.56. The SMILES string of the molecule is CC(=O)[C@H]1CC[C@H]2[C@@H]3CCC4=CC(=O)CC[C@]4(C)[C@H]3CC(C)[C@]12C. The largest absolute Gasteiger partial charge is 0.300 e. The Morgan fingerprint density at radius 2 is 1.88 bits per heavy atom. The molecule has 4 rings (SSSR count). The van der Waals surface area contributed by atoms with Gasteiger partial charge in [0.2, 0.25) is 0 Å². The van der Waals surface area contributed by atoms with E-state index in [0.717, 1.165) is 31.6 Å². The molecular formula is C22H32O2. The standard InChI is InChI=1S/C22H32O2/c1-13-11-20-17(19-8-7-18(14(2)23)22(13,19)4)6-5-15-12-16(24)9-10-21(15,20)3/h12-13,17-20H,5-11H2,1-4H3/t13?,17-,18+,19-,20-,21-,22+/m0/s1. The van der Waals surface area contributed by atoms with Crippen LogP contribution in [-0.4, -0.2) is 11.6 Å². The third kappa shape index (κ3) is 2.01. The van der Waals surface area contributed by atoms with Gasteiger partial charge in [-0.3, -0.25) is 9.59 Å². The molecule has 0 spiro atoms. The van der Waals surface area contributed by atoms with Gasteiger partial charge in [0.25, 0.3) is 0 Å². The lowest BCUT2D eigenvalue weighted by Crippen LogP contribution is -2.54. The summed E-state index contributed by atoms with van der Waals surface area (Å²) >= 11 is 0. The van der Waals surface area contributed by atoms with E-state index in [9.17, 15) is 9.59 Å². The highest BCUT2D eigenvalue weighted by atomic mass is 16.1. The van der Waals surface area contributed by atoms with Gasteiger partial charge in [-0.05, 0) is 86.0 Å². The fraction of sp³-hybridized carbons (Fsp3) is 0.818. The Balaban J connectivity index is 1.72. The van der Waals surface area contributed by atoms with Gasteiger partial charge < -0.3 is 0 Å². The van der Waals surface area contributed by atoms with Crippen molar-refractivity contribution in [2.75, 3.05) is 0 Å². The summed E-state index contributed by atoms with van der Waals surface area (Å²) in [5.41, 5.74) is 1.88. The topological polar surface area (TPSA) is 34.1 Å². The first-order valence-corrected chi connectivity index (χ1v) is 10.0. The van der Waals surface area contributed by atoms with E-state index in [1.807, 2.05) is 13.0 Å². The zero-order valence-electron chi connectivity index (χ0n) is 15.7. The van der Waals surface area contributed by atoms with Crippen molar-refractivity contribution in [3.8, 4) is 0 Å². The number of hydrogen-bond acceptors (Lipinski definition) is 2. The summed E-state index contributed by atoms with van der Waals surface area (Å²) in [5.74, 6) is 3.81. The molecule has 1 unspecified atom stereocenters. The smallest absolute Gasteiger partial charge is 0.155 e. The van der Waals surface area contributed by atoms with Crippen LogP contribution in [0.3, 0.4) is 0 Å². The monoisotopic (exact) mass is 328 g/mol. The Labute approximate surface area is 146 Å². The number of Topliss-reactive ketones (excluding diaryl/α,β-unsaturated/α-hetero) is 1. The number of rotatable bonds is 1. The molecule has 0 aromatic carbocycles. The maximum absolute atomic E-state index is 12.3. The lowest BCUT2D eigenvalue weighted by molar-refractivity contribution is -0.134. The molecule has 0 heterocycles. The summed E-state index contributed by atoms with van der Waals surface area (Å²) in [6, 6.07) is 0. The minimum Gasteiger partial charge on any atom is -0.300 e. The van der Waals surface area contributed by atoms with Crippen LogP contribution in [0.2, 0.25) is 0 Å². The maximum Gasteiger partial charge on any atom is 0.155 e. The van der Waals surface area contributed by atoms with Gasteiger partial charge in [0.1, 0.15) is 5.78 Å². The molecule has 4 aliphatic carbocycles. The van der Waals surface area contributed by atoms with Gasteiger partial charge in [-0.15, -0.1) is 0 Å². The van der Waals surface area contributed by atoms with Gasteiger partial charge in [0.05, 0.1) is 0 Å². The first-order valence-electron chi connectivity index (χ1n) is 10.0. The Hall–Kier alpha value is -0.920. The van der Waals surface area contributed by atoms with Crippen LogP contribution in [0.5, 0.6) is 0 Å². The number of allylic oxidation sites excluding steroid dienone is 1. The average Bonchev–Trinajstić information content (AvgIpc) is 2.88. The molecular weight excluding hydrogens is 296 g/mol. The molecule has 0 aromatic rings. The number of ketones is 2. The van der Waals surface area contributed by atoms with E-state index in [4.69, 9.17) is 0 Å². The Morgan fingerprint density at radius 1 is 1.12 bits per heavy atom. The predicted octanol–water partition coefficient (Wildman–Crippen LogP) is 4.97. The second kappa shape index (κ2) is 5.29. The van der Waals surface area contributed by atoms with Crippen molar-refractivity contribution in [2.24, 2.45) is 40.4 Å². The molecule has 0 radical (unpaired) electrons. The van der Waals surface area contributed by atoms with Crippen molar-refractivity contribution in [1.29, 1.82) is 0 Å². The quantitative estimate of drug-likeness (QED) is 0.681. The first-order chi connectivity index (χ1) is 11.3. The van der Waals surface area contributed by atoms with Crippen molar-refractivity contribution in [2.45, 2.75) is 72.6 Å². The highest BCUT2D eigenvalue weighted by molar-refractivity contribution is 5.91. The minimum atomic E-state index is 0.203. The van der Waals surface area contributed by atoms with Crippen molar-refractivity contribution in [1.82, 2.24) is 0 Å². The highest BCUT2D eigenvalue weighted by Gasteiger charge is 2.62. The number of hydrogen-bond donors (Lipinski definition) is 0. The molecule has 3 saturated carbocycles. The third-order valence-corrected chi connectivity index (χ3v) is 9.03. The second-order valence-electron chi connectivity index (χ2n) is 9.71. The Morgan fingerprint density at radius 3 is 2.58 bits per heavy atom. The normalized spacial score (nSPS) is 50.6. The lowest BCUT2D eigenvalue weighted by atomic mass is 9.44. The first kappa shape index (κ1) is 16.5. The Kier molecular flexibility index (Phi) is 3.64. The Bertz CT molecular complexity index is 617. The van der Waals surface area contributed by atoms with Gasteiger partial charge >= 0.3 is 0 Å². The summed E-state index contributed by atoms with van der Waals surface area (Å²) < 4.78 is 0. The molecule has 2 nitrogen and oxygen atoms in total. The van der Waals surface area contributed by atoms with Gasteiger partial charge in [0, 0.05) is 12.3 Å². The molecule has 0 saturated heterocycles. The molecule has 0 aliphatic heterocycles. The number of fused-ring (bicyclic) bond motifs is 5. The van der Waals surface area contributed by atoms with E-state index >= 15 is 0 Å². The fourth-order valence-electron chi connectivity index (χ4n) is 7.56. The molecule has 2 heteroatoms. The zero-order valence-corrected chi connectivity index (χ0v) is 15.7. The van der Waals surface area contributed by atoms with Crippen LogP contribution in [0, 0.1) is 40.4 Å². The summed E-state index contributed by atoms with van der Waals surface area (Å²) in [4.78, 5) is 24.2. The molecule has 7 atom stereocenters. The predicted molar refractivity (Wildman–Crippen MR) is 95.4 cm³/mol. The molecule has 24 heavy (non-hydrogen) atoms. The lowest BCUT2D eigenvalue weighted by Gasteiger charge is -2.60.